The molecule has 0 aromatic heterocycles. The van der Waals surface area contributed by atoms with E-state index in [0.717, 1.165) is 5.69 Å². The van der Waals surface area contributed by atoms with Crippen LogP contribution < -0.4 is 10.6 Å². The fourth-order valence-corrected chi connectivity index (χ4v) is 2.43. The van der Waals surface area contributed by atoms with Crippen molar-refractivity contribution in [2.75, 3.05) is 17.7 Å². The van der Waals surface area contributed by atoms with Gasteiger partial charge in [0.2, 0.25) is 0 Å². The van der Waals surface area contributed by atoms with Crippen molar-refractivity contribution in [3.8, 4) is 0 Å². The average Bonchev–Trinajstić information content (AvgIpc) is 2.33. The molecule has 1 aliphatic rings. The van der Waals surface area contributed by atoms with Gasteiger partial charge in [-0.2, -0.15) is 0 Å². The zero-order chi connectivity index (χ0) is 11.5. The van der Waals surface area contributed by atoms with Gasteiger partial charge in [0.1, 0.15) is 5.82 Å². The predicted octanol–water partition coefficient (Wildman–Crippen LogP) is 3.18. The van der Waals surface area contributed by atoms with E-state index in [1.54, 1.807) is 12.1 Å². The number of hydrogen-bond donors (Lipinski definition) is 1. The largest absolute Gasteiger partial charge is 0.396 e. The van der Waals surface area contributed by atoms with Crippen molar-refractivity contribution in [3.05, 3.63) is 24.0 Å². The standard InChI is InChI=1S/C13H19FN2/c1-16(10-5-3-2-4-6-10)11-7-8-12(14)13(15)9-11/h7-10H,2-6,15H2,1H3. The Kier molecular flexibility index (Phi) is 3.32. The van der Waals surface area contributed by atoms with E-state index in [1.807, 2.05) is 0 Å². The fourth-order valence-electron chi connectivity index (χ4n) is 2.43. The lowest BCUT2D eigenvalue weighted by Crippen LogP contribution is -2.33. The molecule has 0 aliphatic heterocycles. The topological polar surface area (TPSA) is 29.3 Å². The van der Waals surface area contributed by atoms with Crippen molar-refractivity contribution in [3.63, 3.8) is 0 Å². The summed E-state index contributed by atoms with van der Waals surface area (Å²) in [6.07, 6.45) is 6.40. The van der Waals surface area contributed by atoms with Crippen LogP contribution in [0, 0.1) is 5.82 Å². The van der Waals surface area contributed by atoms with E-state index in [0.29, 0.717) is 6.04 Å². The molecule has 0 spiro atoms. The molecule has 0 saturated heterocycles. The molecule has 1 saturated carbocycles. The van der Waals surface area contributed by atoms with Crippen LogP contribution in [0.2, 0.25) is 0 Å². The number of benzene rings is 1. The molecule has 0 bridgehead atoms. The predicted molar refractivity (Wildman–Crippen MR) is 66.1 cm³/mol. The fraction of sp³-hybridized carbons (Fsp3) is 0.538. The maximum atomic E-state index is 13.1. The van der Waals surface area contributed by atoms with Crippen molar-refractivity contribution in [1.29, 1.82) is 0 Å². The highest BCUT2D eigenvalue weighted by Crippen LogP contribution is 2.27. The first kappa shape index (κ1) is 11.2. The van der Waals surface area contributed by atoms with Crippen LogP contribution >= 0.6 is 0 Å². The Balaban J connectivity index is 2.12. The first-order valence-corrected chi connectivity index (χ1v) is 5.96. The summed E-state index contributed by atoms with van der Waals surface area (Å²) >= 11 is 0. The molecule has 2 rings (SSSR count). The van der Waals surface area contributed by atoms with Crippen LogP contribution in [-0.2, 0) is 0 Å². The first-order chi connectivity index (χ1) is 7.68. The Morgan fingerprint density at radius 2 is 1.94 bits per heavy atom. The molecule has 0 heterocycles. The maximum absolute atomic E-state index is 13.1. The second kappa shape index (κ2) is 4.73. The van der Waals surface area contributed by atoms with E-state index in [2.05, 4.69) is 11.9 Å². The minimum absolute atomic E-state index is 0.236. The number of nitrogens with zero attached hydrogens (tertiary/aromatic N) is 1. The molecule has 1 aromatic carbocycles. The molecule has 1 aliphatic carbocycles. The summed E-state index contributed by atoms with van der Waals surface area (Å²) in [4.78, 5) is 2.23. The van der Waals surface area contributed by atoms with Crippen molar-refractivity contribution >= 4 is 11.4 Å². The van der Waals surface area contributed by atoms with E-state index >= 15 is 0 Å². The van der Waals surface area contributed by atoms with Gasteiger partial charge in [-0.15, -0.1) is 0 Å². The third-order valence-corrected chi connectivity index (χ3v) is 3.51. The molecule has 1 aromatic rings. The molecule has 88 valence electrons. The van der Waals surface area contributed by atoms with E-state index < -0.39 is 0 Å². The highest BCUT2D eigenvalue weighted by atomic mass is 19.1. The van der Waals surface area contributed by atoms with Gasteiger partial charge in [-0.1, -0.05) is 19.3 Å². The van der Waals surface area contributed by atoms with Crippen molar-refractivity contribution in [2.45, 2.75) is 38.1 Å². The Morgan fingerprint density at radius 1 is 1.25 bits per heavy atom. The molecule has 3 heteroatoms. The van der Waals surface area contributed by atoms with Gasteiger partial charge in [0, 0.05) is 18.8 Å². The summed E-state index contributed by atoms with van der Waals surface area (Å²) in [5.74, 6) is -0.333. The van der Waals surface area contributed by atoms with E-state index in [9.17, 15) is 4.39 Å². The highest BCUT2D eigenvalue weighted by molar-refractivity contribution is 5.56. The van der Waals surface area contributed by atoms with Crippen molar-refractivity contribution in [1.82, 2.24) is 0 Å². The third-order valence-electron chi connectivity index (χ3n) is 3.51. The highest BCUT2D eigenvalue weighted by Gasteiger charge is 2.18. The molecule has 0 atom stereocenters. The third kappa shape index (κ3) is 2.29. The van der Waals surface area contributed by atoms with Crippen LogP contribution in [0.4, 0.5) is 15.8 Å². The van der Waals surface area contributed by atoms with Gasteiger partial charge in [-0.05, 0) is 31.0 Å². The van der Waals surface area contributed by atoms with Gasteiger partial charge in [0.05, 0.1) is 5.69 Å². The second-order valence-electron chi connectivity index (χ2n) is 4.61. The Bertz CT molecular complexity index is 359. The van der Waals surface area contributed by atoms with Crippen molar-refractivity contribution in [2.24, 2.45) is 0 Å². The lowest BCUT2D eigenvalue weighted by molar-refractivity contribution is 0.427. The minimum atomic E-state index is -0.333. The smallest absolute Gasteiger partial charge is 0.146 e. The van der Waals surface area contributed by atoms with Crippen LogP contribution in [0.5, 0.6) is 0 Å². The lowest BCUT2D eigenvalue weighted by Gasteiger charge is -2.33. The summed E-state index contributed by atoms with van der Waals surface area (Å²) in [5.41, 5.74) is 6.84. The first-order valence-electron chi connectivity index (χ1n) is 5.96. The molecular formula is C13H19FN2. The number of hydrogen-bond acceptors (Lipinski definition) is 2. The minimum Gasteiger partial charge on any atom is -0.396 e. The van der Waals surface area contributed by atoms with Crippen LogP contribution in [0.15, 0.2) is 18.2 Å². The molecule has 1 fully saturated rings. The molecule has 16 heavy (non-hydrogen) atoms. The number of halogens is 1. The average molecular weight is 222 g/mol. The van der Waals surface area contributed by atoms with Crippen LogP contribution in [0.25, 0.3) is 0 Å². The maximum Gasteiger partial charge on any atom is 0.146 e. The van der Waals surface area contributed by atoms with E-state index in [1.165, 1.54) is 38.2 Å². The molecule has 0 unspecified atom stereocenters. The van der Waals surface area contributed by atoms with Gasteiger partial charge in [-0.3, -0.25) is 0 Å². The monoisotopic (exact) mass is 222 g/mol. The van der Waals surface area contributed by atoms with Gasteiger partial charge in [0.25, 0.3) is 0 Å². The number of nitrogen functional groups attached to an aromatic ring is 1. The Labute approximate surface area is 96.2 Å². The normalized spacial score (nSPS) is 17.4. The van der Waals surface area contributed by atoms with Gasteiger partial charge in [-0.25, -0.2) is 4.39 Å². The van der Waals surface area contributed by atoms with Crippen LogP contribution in [-0.4, -0.2) is 13.1 Å². The second-order valence-corrected chi connectivity index (χ2v) is 4.61. The van der Waals surface area contributed by atoms with E-state index in [4.69, 9.17) is 5.73 Å². The zero-order valence-electron chi connectivity index (χ0n) is 9.75. The Hall–Kier alpha value is -1.25. The quantitative estimate of drug-likeness (QED) is 0.779. The molecule has 0 amide bonds. The summed E-state index contributed by atoms with van der Waals surface area (Å²) in [7, 11) is 2.07. The van der Waals surface area contributed by atoms with Crippen LogP contribution in [0.1, 0.15) is 32.1 Å². The van der Waals surface area contributed by atoms with E-state index in [-0.39, 0.29) is 11.5 Å². The summed E-state index contributed by atoms with van der Waals surface area (Å²) in [5, 5.41) is 0. The molecule has 2 nitrogen and oxygen atoms in total. The summed E-state index contributed by atoms with van der Waals surface area (Å²) < 4.78 is 13.1. The Morgan fingerprint density at radius 3 is 2.56 bits per heavy atom. The molecule has 0 radical (unpaired) electrons. The van der Waals surface area contributed by atoms with Gasteiger partial charge in [0.15, 0.2) is 0 Å². The zero-order valence-corrected chi connectivity index (χ0v) is 9.75. The van der Waals surface area contributed by atoms with Crippen molar-refractivity contribution < 1.29 is 4.39 Å². The lowest BCUT2D eigenvalue weighted by atomic mass is 9.94. The van der Waals surface area contributed by atoms with Crippen LogP contribution in [0.3, 0.4) is 0 Å². The summed E-state index contributed by atoms with van der Waals surface area (Å²) in [6, 6.07) is 5.56. The number of nitrogens with two attached hydrogens (primary N) is 1. The van der Waals surface area contributed by atoms with Gasteiger partial charge >= 0.3 is 0 Å². The molecular weight excluding hydrogens is 203 g/mol. The summed E-state index contributed by atoms with van der Waals surface area (Å²) in [6.45, 7) is 0. The number of anilines is 2. The van der Waals surface area contributed by atoms with Gasteiger partial charge < -0.3 is 10.6 Å². The molecule has 2 N–H and O–H groups in total. The number of rotatable bonds is 2. The SMILES string of the molecule is CN(c1ccc(F)c(N)c1)C1CCCCC1.